The molecule has 0 aromatic heterocycles. The molecule has 0 aliphatic heterocycles. The molecule has 0 heterocycles. The predicted octanol–water partition coefficient (Wildman–Crippen LogP) is 4.68. The third kappa shape index (κ3) is 3.05. The summed E-state index contributed by atoms with van der Waals surface area (Å²) in [5, 5.41) is 21.4. The van der Waals surface area contributed by atoms with Crippen molar-refractivity contribution in [2.24, 2.45) is 0 Å². The molecule has 134 valence electrons. The van der Waals surface area contributed by atoms with Gasteiger partial charge in [-0.25, -0.2) is 0 Å². The summed E-state index contributed by atoms with van der Waals surface area (Å²) in [4.78, 5) is 9.93. The number of hydrogen-bond donors (Lipinski definition) is 1. The van der Waals surface area contributed by atoms with Gasteiger partial charge in [0.05, 0.1) is 10.5 Å². The first-order valence-corrected chi connectivity index (χ1v) is 6.97. The summed E-state index contributed by atoms with van der Waals surface area (Å²) in [7, 11) is 0. The Morgan fingerprint density at radius 2 is 1.60 bits per heavy atom. The largest absolute Gasteiger partial charge is 0.457 e. The lowest BCUT2D eigenvalue weighted by Crippen LogP contribution is -2.55. The standard InChI is InChI=1S/C15H9ClF5NO3/c16-10-5-3-4-9(8-10)13(23,14(17,18)15(19,20)21)11-6-1-2-7-12(11)22(24)25/h1-8,23H. The highest BCUT2D eigenvalue weighted by atomic mass is 35.5. The lowest BCUT2D eigenvalue weighted by atomic mass is 9.79. The van der Waals surface area contributed by atoms with Crippen LogP contribution in [0.5, 0.6) is 0 Å². The first-order valence-electron chi connectivity index (χ1n) is 6.59. The van der Waals surface area contributed by atoms with Crippen molar-refractivity contribution in [2.75, 3.05) is 0 Å². The number of halogens is 6. The van der Waals surface area contributed by atoms with Gasteiger partial charge in [0.15, 0.2) is 5.60 Å². The van der Waals surface area contributed by atoms with Crippen LogP contribution in [0.3, 0.4) is 0 Å². The third-order valence-corrected chi connectivity index (χ3v) is 3.78. The first-order chi connectivity index (χ1) is 11.4. The first kappa shape index (κ1) is 19.1. The minimum absolute atomic E-state index is 0.229. The second-order valence-electron chi connectivity index (χ2n) is 5.07. The molecular formula is C15H9ClF5NO3. The SMILES string of the molecule is O=[N+]([O-])c1ccccc1C(O)(c1cccc(Cl)c1)C(F)(F)C(F)(F)F. The third-order valence-electron chi connectivity index (χ3n) is 3.54. The Kier molecular flexibility index (Phi) is 4.75. The van der Waals surface area contributed by atoms with Crippen LogP contribution in [0.15, 0.2) is 48.5 Å². The molecule has 0 aliphatic carbocycles. The van der Waals surface area contributed by atoms with Gasteiger partial charge in [0.25, 0.3) is 5.69 Å². The topological polar surface area (TPSA) is 63.4 Å². The lowest BCUT2D eigenvalue weighted by Gasteiger charge is -2.37. The number of rotatable bonds is 4. The van der Waals surface area contributed by atoms with Gasteiger partial charge in [0, 0.05) is 11.1 Å². The quantitative estimate of drug-likeness (QED) is 0.475. The average Bonchev–Trinajstić information content (AvgIpc) is 2.52. The van der Waals surface area contributed by atoms with E-state index in [1.165, 1.54) is 6.07 Å². The van der Waals surface area contributed by atoms with Crippen LogP contribution in [0.25, 0.3) is 0 Å². The van der Waals surface area contributed by atoms with E-state index in [0.29, 0.717) is 12.1 Å². The highest BCUT2D eigenvalue weighted by Crippen LogP contribution is 2.53. The Bertz CT molecular complexity index is 812. The van der Waals surface area contributed by atoms with Gasteiger partial charge in [0.1, 0.15) is 0 Å². The van der Waals surface area contributed by atoms with Gasteiger partial charge in [0.2, 0.25) is 0 Å². The Morgan fingerprint density at radius 1 is 1.00 bits per heavy atom. The van der Waals surface area contributed by atoms with Crippen LogP contribution in [0.1, 0.15) is 11.1 Å². The number of benzene rings is 2. The number of alkyl halides is 5. The maximum Gasteiger partial charge on any atom is 0.457 e. The summed E-state index contributed by atoms with van der Waals surface area (Å²) >= 11 is 5.63. The lowest BCUT2D eigenvalue weighted by molar-refractivity contribution is -0.389. The van der Waals surface area contributed by atoms with E-state index >= 15 is 0 Å². The van der Waals surface area contributed by atoms with Gasteiger partial charge in [-0.15, -0.1) is 0 Å². The summed E-state index contributed by atoms with van der Waals surface area (Å²) in [6.07, 6.45) is -6.19. The van der Waals surface area contributed by atoms with Gasteiger partial charge in [-0.3, -0.25) is 10.1 Å². The van der Waals surface area contributed by atoms with E-state index in [9.17, 15) is 37.2 Å². The molecule has 2 aromatic rings. The van der Waals surface area contributed by atoms with Crippen LogP contribution in [-0.2, 0) is 5.60 Å². The maximum absolute atomic E-state index is 14.3. The predicted molar refractivity (Wildman–Crippen MR) is 78.5 cm³/mol. The fraction of sp³-hybridized carbons (Fsp3) is 0.200. The Morgan fingerprint density at radius 3 is 2.12 bits per heavy atom. The molecule has 10 heteroatoms. The van der Waals surface area contributed by atoms with Crippen LogP contribution in [-0.4, -0.2) is 22.1 Å². The van der Waals surface area contributed by atoms with E-state index in [2.05, 4.69) is 0 Å². The molecule has 25 heavy (non-hydrogen) atoms. The summed E-state index contributed by atoms with van der Waals surface area (Å²) < 4.78 is 67.6. The Hall–Kier alpha value is -2.26. The molecule has 2 rings (SSSR count). The normalized spacial score (nSPS) is 14.8. The fourth-order valence-electron chi connectivity index (χ4n) is 2.36. The van der Waals surface area contributed by atoms with Crippen molar-refractivity contribution >= 4 is 17.3 Å². The van der Waals surface area contributed by atoms with E-state index < -0.39 is 39.4 Å². The summed E-state index contributed by atoms with van der Waals surface area (Å²) in [5.74, 6) is -5.74. The van der Waals surface area contributed by atoms with Gasteiger partial charge < -0.3 is 5.11 Å². The van der Waals surface area contributed by atoms with E-state index in [0.717, 1.165) is 30.3 Å². The van der Waals surface area contributed by atoms with Crippen LogP contribution in [0.2, 0.25) is 5.02 Å². The van der Waals surface area contributed by atoms with Crippen molar-refractivity contribution < 1.29 is 32.0 Å². The molecule has 0 radical (unpaired) electrons. The van der Waals surface area contributed by atoms with Crippen LogP contribution in [0, 0.1) is 10.1 Å². The van der Waals surface area contributed by atoms with Crippen molar-refractivity contribution in [1.29, 1.82) is 0 Å². The van der Waals surface area contributed by atoms with Gasteiger partial charge in [-0.05, 0) is 23.8 Å². The molecule has 0 saturated heterocycles. The molecule has 0 fully saturated rings. The number of para-hydroxylation sites is 1. The number of hydrogen-bond acceptors (Lipinski definition) is 3. The van der Waals surface area contributed by atoms with Crippen LogP contribution >= 0.6 is 11.6 Å². The molecule has 1 atom stereocenters. The highest BCUT2D eigenvalue weighted by Gasteiger charge is 2.72. The van der Waals surface area contributed by atoms with Gasteiger partial charge in [-0.1, -0.05) is 35.9 Å². The molecule has 0 spiro atoms. The fourth-order valence-corrected chi connectivity index (χ4v) is 2.55. The average molecular weight is 382 g/mol. The minimum Gasteiger partial charge on any atom is -0.374 e. The van der Waals surface area contributed by atoms with Crippen molar-refractivity contribution in [3.63, 3.8) is 0 Å². The number of nitro benzene ring substituents is 1. The second kappa shape index (κ2) is 6.23. The van der Waals surface area contributed by atoms with Crippen molar-refractivity contribution in [3.05, 3.63) is 74.8 Å². The summed E-state index contributed by atoms with van der Waals surface area (Å²) in [5.41, 5.74) is -7.28. The molecule has 2 aromatic carbocycles. The smallest absolute Gasteiger partial charge is 0.374 e. The molecule has 0 saturated carbocycles. The summed E-state index contributed by atoms with van der Waals surface area (Å²) in [6, 6.07) is 7.15. The molecule has 4 nitrogen and oxygen atoms in total. The van der Waals surface area contributed by atoms with Gasteiger partial charge in [-0.2, -0.15) is 22.0 Å². The van der Waals surface area contributed by atoms with E-state index in [-0.39, 0.29) is 5.02 Å². The van der Waals surface area contributed by atoms with Crippen molar-refractivity contribution in [2.45, 2.75) is 17.7 Å². The molecule has 0 aliphatic rings. The zero-order valence-electron chi connectivity index (χ0n) is 12.1. The number of nitrogens with zero attached hydrogens (tertiary/aromatic N) is 1. The van der Waals surface area contributed by atoms with E-state index in [1.807, 2.05) is 0 Å². The highest BCUT2D eigenvalue weighted by molar-refractivity contribution is 6.30. The number of aliphatic hydroxyl groups is 1. The van der Waals surface area contributed by atoms with Crippen LogP contribution < -0.4 is 0 Å². The summed E-state index contributed by atoms with van der Waals surface area (Å²) in [6.45, 7) is 0. The number of nitro groups is 1. The monoisotopic (exact) mass is 381 g/mol. The second-order valence-corrected chi connectivity index (χ2v) is 5.50. The molecule has 0 bridgehead atoms. The molecular weight excluding hydrogens is 373 g/mol. The van der Waals surface area contributed by atoms with Crippen molar-refractivity contribution in [1.82, 2.24) is 0 Å². The molecule has 0 amide bonds. The zero-order chi connectivity index (χ0) is 19.0. The minimum atomic E-state index is -6.19. The molecule has 1 unspecified atom stereocenters. The van der Waals surface area contributed by atoms with E-state index in [4.69, 9.17) is 11.6 Å². The van der Waals surface area contributed by atoms with Crippen LogP contribution in [0.4, 0.5) is 27.6 Å². The Balaban J connectivity index is 2.91. The molecule has 1 N–H and O–H groups in total. The maximum atomic E-state index is 14.3. The van der Waals surface area contributed by atoms with E-state index in [1.54, 1.807) is 0 Å². The Labute approximate surface area is 142 Å². The zero-order valence-corrected chi connectivity index (χ0v) is 12.9. The van der Waals surface area contributed by atoms with Gasteiger partial charge >= 0.3 is 12.1 Å². The van der Waals surface area contributed by atoms with Crippen molar-refractivity contribution in [3.8, 4) is 0 Å².